The van der Waals surface area contributed by atoms with Crippen molar-refractivity contribution in [2.45, 2.75) is 33.1 Å². The van der Waals surface area contributed by atoms with Gasteiger partial charge in [-0.15, -0.1) is 0 Å². The third-order valence-electron chi connectivity index (χ3n) is 4.20. The fourth-order valence-corrected chi connectivity index (χ4v) is 3.13. The Morgan fingerprint density at radius 2 is 2.05 bits per heavy atom. The average molecular weight is 314 g/mol. The fourth-order valence-electron chi connectivity index (χ4n) is 2.94. The third-order valence-corrected chi connectivity index (χ3v) is 4.63. The van der Waals surface area contributed by atoms with E-state index in [9.17, 15) is 4.39 Å². The largest absolute Gasteiger partial charge is 0.381 e. The molecule has 0 aromatic heterocycles. The molecular weight excluding hydrogens is 289 g/mol. The SMILES string of the molecule is CC(C)CNCC1(Cc2cccc(F)c2Cl)CCOCC1. The molecule has 0 radical (unpaired) electrons. The number of ether oxygens (including phenoxy) is 1. The monoisotopic (exact) mass is 313 g/mol. The summed E-state index contributed by atoms with van der Waals surface area (Å²) in [5.74, 6) is 0.297. The molecule has 1 aromatic carbocycles. The zero-order chi connectivity index (χ0) is 15.3. The van der Waals surface area contributed by atoms with Crippen molar-refractivity contribution in [3.05, 3.63) is 34.6 Å². The predicted octanol–water partition coefficient (Wildman–Crippen LogP) is 4.06. The summed E-state index contributed by atoms with van der Waals surface area (Å²) in [5.41, 5.74) is 1.02. The van der Waals surface area contributed by atoms with E-state index in [1.54, 1.807) is 6.07 Å². The highest BCUT2D eigenvalue weighted by atomic mass is 35.5. The first-order chi connectivity index (χ1) is 10.0. The van der Waals surface area contributed by atoms with Gasteiger partial charge < -0.3 is 10.1 Å². The number of nitrogens with one attached hydrogen (secondary N) is 1. The first-order valence-electron chi connectivity index (χ1n) is 7.74. The highest BCUT2D eigenvalue weighted by molar-refractivity contribution is 6.31. The molecule has 4 heteroatoms. The molecule has 1 aliphatic rings. The van der Waals surface area contributed by atoms with Gasteiger partial charge in [0.25, 0.3) is 0 Å². The van der Waals surface area contributed by atoms with E-state index in [2.05, 4.69) is 19.2 Å². The lowest BCUT2D eigenvalue weighted by atomic mass is 9.75. The Morgan fingerprint density at radius 3 is 2.71 bits per heavy atom. The van der Waals surface area contributed by atoms with Gasteiger partial charge >= 0.3 is 0 Å². The Balaban J connectivity index is 2.10. The van der Waals surface area contributed by atoms with Gasteiger partial charge in [-0.05, 0) is 48.8 Å². The van der Waals surface area contributed by atoms with Gasteiger partial charge in [-0.1, -0.05) is 37.6 Å². The van der Waals surface area contributed by atoms with Crippen molar-refractivity contribution < 1.29 is 9.13 Å². The van der Waals surface area contributed by atoms with Gasteiger partial charge in [0, 0.05) is 19.8 Å². The molecule has 0 spiro atoms. The van der Waals surface area contributed by atoms with Gasteiger partial charge in [0.15, 0.2) is 0 Å². The van der Waals surface area contributed by atoms with Crippen LogP contribution >= 0.6 is 11.6 Å². The Hall–Kier alpha value is -0.640. The molecular formula is C17H25ClFNO. The second kappa shape index (κ2) is 7.57. The minimum absolute atomic E-state index is 0.116. The van der Waals surface area contributed by atoms with Crippen molar-refractivity contribution in [3.63, 3.8) is 0 Å². The number of hydrogen-bond donors (Lipinski definition) is 1. The Bertz CT molecular complexity index is 458. The molecule has 0 bridgehead atoms. The Labute approximate surface area is 132 Å². The molecule has 2 rings (SSSR count). The van der Waals surface area contributed by atoms with Crippen LogP contribution in [0.4, 0.5) is 4.39 Å². The zero-order valence-corrected chi connectivity index (χ0v) is 13.7. The van der Waals surface area contributed by atoms with Crippen LogP contribution in [0.25, 0.3) is 0 Å². The lowest BCUT2D eigenvalue weighted by Crippen LogP contribution is -2.41. The zero-order valence-electron chi connectivity index (χ0n) is 12.9. The Morgan fingerprint density at radius 1 is 1.33 bits per heavy atom. The van der Waals surface area contributed by atoms with E-state index >= 15 is 0 Å². The quantitative estimate of drug-likeness (QED) is 0.855. The van der Waals surface area contributed by atoms with Crippen LogP contribution in [0.15, 0.2) is 18.2 Å². The number of hydrogen-bond acceptors (Lipinski definition) is 2. The molecule has 1 saturated heterocycles. The van der Waals surface area contributed by atoms with Crippen LogP contribution in [-0.2, 0) is 11.2 Å². The molecule has 0 atom stereocenters. The molecule has 1 aromatic rings. The molecule has 1 aliphatic heterocycles. The summed E-state index contributed by atoms with van der Waals surface area (Å²) in [6, 6.07) is 5.09. The van der Waals surface area contributed by atoms with Crippen LogP contribution in [0.1, 0.15) is 32.3 Å². The minimum atomic E-state index is -0.327. The highest BCUT2D eigenvalue weighted by Crippen LogP contribution is 2.36. The topological polar surface area (TPSA) is 21.3 Å². The smallest absolute Gasteiger partial charge is 0.142 e. The highest BCUT2D eigenvalue weighted by Gasteiger charge is 2.33. The first-order valence-corrected chi connectivity index (χ1v) is 8.12. The minimum Gasteiger partial charge on any atom is -0.381 e. The van der Waals surface area contributed by atoms with Crippen molar-refractivity contribution in [1.82, 2.24) is 5.32 Å². The second-order valence-corrected chi connectivity index (χ2v) is 6.90. The van der Waals surface area contributed by atoms with Crippen LogP contribution in [0, 0.1) is 17.2 Å². The summed E-state index contributed by atoms with van der Waals surface area (Å²) in [6.45, 7) is 7.88. The number of rotatable bonds is 6. The van der Waals surface area contributed by atoms with Crippen LogP contribution < -0.4 is 5.32 Å². The molecule has 0 unspecified atom stereocenters. The summed E-state index contributed by atoms with van der Waals surface area (Å²) in [7, 11) is 0. The Kier molecular flexibility index (Phi) is 6.03. The molecule has 1 N–H and O–H groups in total. The summed E-state index contributed by atoms with van der Waals surface area (Å²) < 4.78 is 19.2. The van der Waals surface area contributed by atoms with Crippen LogP contribution in [0.2, 0.25) is 5.02 Å². The lowest BCUT2D eigenvalue weighted by Gasteiger charge is -2.38. The van der Waals surface area contributed by atoms with Crippen LogP contribution in [-0.4, -0.2) is 26.3 Å². The predicted molar refractivity (Wildman–Crippen MR) is 85.3 cm³/mol. The second-order valence-electron chi connectivity index (χ2n) is 6.53. The van der Waals surface area contributed by atoms with Gasteiger partial charge in [0.1, 0.15) is 5.82 Å². The van der Waals surface area contributed by atoms with E-state index in [4.69, 9.17) is 16.3 Å². The van der Waals surface area contributed by atoms with Crippen molar-refractivity contribution in [2.24, 2.45) is 11.3 Å². The standard InChI is InChI=1S/C17H25ClFNO/c1-13(2)11-20-12-17(6-8-21-9-7-17)10-14-4-3-5-15(19)16(14)18/h3-5,13,20H,6-12H2,1-2H3. The summed E-state index contributed by atoms with van der Waals surface area (Å²) in [5, 5.41) is 3.83. The lowest BCUT2D eigenvalue weighted by molar-refractivity contribution is 0.0147. The van der Waals surface area contributed by atoms with Gasteiger partial charge in [0.2, 0.25) is 0 Å². The van der Waals surface area contributed by atoms with Crippen LogP contribution in [0.3, 0.4) is 0 Å². The summed E-state index contributed by atoms with van der Waals surface area (Å²) in [6.07, 6.45) is 2.79. The number of benzene rings is 1. The van der Waals surface area contributed by atoms with Crippen LogP contribution in [0.5, 0.6) is 0 Å². The van der Waals surface area contributed by atoms with E-state index in [0.29, 0.717) is 5.92 Å². The summed E-state index contributed by atoms with van der Waals surface area (Å²) >= 11 is 6.13. The maximum atomic E-state index is 13.6. The molecule has 0 aliphatic carbocycles. The molecule has 0 saturated carbocycles. The van der Waals surface area contributed by atoms with Crippen molar-refractivity contribution in [3.8, 4) is 0 Å². The molecule has 2 nitrogen and oxygen atoms in total. The molecule has 1 fully saturated rings. The number of halogens is 2. The van der Waals surface area contributed by atoms with Crippen molar-refractivity contribution >= 4 is 11.6 Å². The van der Waals surface area contributed by atoms with E-state index in [0.717, 1.165) is 51.1 Å². The molecule has 118 valence electrons. The van der Waals surface area contributed by atoms with Crippen molar-refractivity contribution in [2.75, 3.05) is 26.3 Å². The molecule has 0 amide bonds. The van der Waals surface area contributed by atoms with Gasteiger partial charge in [-0.2, -0.15) is 0 Å². The molecule has 1 heterocycles. The maximum Gasteiger partial charge on any atom is 0.142 e. The van der Waals surface area contributed by atoms with Gasteiger partial charge in [0.05, 0.1) is 5.02 Å². The van der Waals surface area contributed by atoms with E-state index in [1.165, 1.54) is 6.07 Å². The molecule has 21 heavy (non-hydrogen) atoms. The maximum absolute atomic E-state index is 13.6. The summed E-state index contributed by atoms with van der Waals surface area (Å²) in [4.78, 5) is 0. The van der Waals surface area contributed by atoms with E-state index in [1.807, 2.05) is 6.07 Å². The normalized spacial score (nSPS) is 18.1. The van der Waals surface area contributed by atoms with Gasteiger partial charge in [-0.25, -0.2) is 4.39 Å². The van der Waals surface area contributed by atoms with Crippen molar-refractivity contribution in [1.29, 1.82) is 0 Å². The average Bonchev–Trinajstić information content (AvgIpc) is 2.44. The third kappa shape index (κ3) is 4.67. The van der Waals surface area contributed by atoms with E-state index in [-0.39, 0.29) is 16.3 Å². The van der Waals surface area contributed by atoms with E-state index < -0.39 is 0 Å². The van der Waals surface area contributed by atoms with Gasteiger partial charge in [-0.3, -0.25) is 0 Å². The first kappa shape index (κ1) is 16.7. The fraction of sp³-hybridized carbons (Fsp3) is 0.647.